The van der Waals surface area contributed by atoms with Gasteiger partial charge in [-0.2, -0.15) is 0 Å². The van der Waals surface area contributed by atoms with Gasteiger partial charge in [0.15, 0.2) is 8.32 Å². The van der Waals surface area contributed by atoms with Crippen molar-refractivity contribution >= 4 is 8.32 Å². The van der Waals surface area contributed by atoms with Crippen molar-refractivity contribution in [1.82, 2.24) is 0 Å². The Morgan fingerprint density at radius 2 is 1.28 bits per heavy atom. The van der Waals surface area contributed by atoms with E-state index in [0.29, 0.717) is 25.7 Å². The molecule has 4 heteroatoms. The van der Waals surface area contributed by atoms with Crippen LogP contribution in [0.2, 0.25) is 18.1 Å². The normalized spacial score (nSPS) is 14.8. The highest BCUT2D eigenvalue weighted by atomic mass is 28.4. The fourth-order valence-corrected chi connectivity index (χ4v) is 3.92. The molecule has 0 amide bonds. The number of allylic oxidation sites excluding steroid dienone is 1. The summed E-state index contributed by atoms with van der Waals surface area (Å²) in [6.45, 7) is 17.3. The Labute approximate surface area is 196 Å². The minimum atomic E-state index is -1.91. The number of hydrogen-bond donors (Lipinski definition) is 0. The van der Waals surface area contributed by atoms with Crippen molar-refractivity contribution in [3.05, 3.63) is 83.9 Å². The van der Waals surface area contributed by atoms with E-state index >= 15 is 0 Å². The molecule has 0 fully saturated rings. The van der Waals surface area contributed by atoms with Gasteiger partial charge in [0.1, 0.15) is 12.2 Å². The van der Waals surface area contributed by atoms with Crippen molar-refractivity contribution in [2.75, 3.05) is 6.61 Å². The molecule has 2 atom stereocenters. The van der Waals surface area contributed by atoms with Crippen LogP contribution in [0.25, 0.3) is 0 Å². The van der Waals surface area contributed by atoms with Crippen molar-refractivity contribution in [2.24, 2.45) is 5.92 Å². The van der Waals surface area contributed by atoms with Gasteiger partial charge in [0.05, 0.1) is 19.8 Å². The molecule has 0 N–H and O–H groups in total. The SMILES string of the molecule is CC(C)/C=C/[C@@H](OCc1ccccc1)[C@@H](CO[Si](C)(C)C(C)(C)C)OCc1ccccc1. The highest BCUT2D eigenvalue weighted by Crippen LogP contribution is 2.36. The molecule has 0 aliphatic rings. The van der Waals surface area contributed by atoms with Crippen molar-refractivity contribution in [3.8, 4) is 0 Å². The van der Waals surface area contributed by atoms with Crippen molar-refractivity contribution in [1.29, 1.82) is 0 Å². The Balaban J connectivity index is 2.20. The van der Waals surface area contributed by atoms with Crippen molar-refractivity contribution in [3.63, 3.8) is 0 Å². The highest BCUT2D eigenvalue weighted by molar-refractivity contribution is 6.74. The monoisotopic (exact) mass is 454 g/mol. The van der Waals surface area contributed by atoms with Crippen LogP contribution in [0.1, 0.15) is 45.7 Å². The number of rotatable bonds is 12. The number of benzene rings is 2. The van der Waals surface area contributed by atoms with E-state index in [-0.39, 0.29) is 17.2 Å². The molecule has 2 aromatic carbocycles. The minimum absolute atomic E-state index is 0.144. The van der Waals surface area contributed by atoms with Gasteiger partial charge in [-0.15, -0.1) is 0 Å². The van der Waals surface area contributed by atoms with E-state index in [4.69, 9.17) is 13.9 Å². The first-order valence-corrected chi connectivity index (χ1v) is 14.6. The van der Waals surface area contributed by atoms with E-state index in [1.54, 1.807) is 0 Å². The first-order valence-electron chi connectivity index (χ1n) is 11.7. The summed E-state index contributed by atoms with van der Waals surface area (Å²) in [4.78, 5) is 0. The van der Waals surface area contributed by atoms with E-state index < -0.39 is 8.32 Å². The average Bonchev–Trinajstić information content (AvgIpc) is 2.75. The van der Waals surface area contributed by atoms with Crippen LogP contribution in [0.5, 0.6) is 0 Å². The lowest BCUT2D eigenvalue weighted by Crippen LogP contribution is -2.45. The zero-order valence-electron chi connectivity index (χ0n) is 21.0. The van der Waals surface area contributed by atoms with Crippen LogP contribution >= 0.6 is 0 Å². The molecule has 2 aromatic rings. The molecule has 2 rings (SSSR count). The summed E-state index contributed by atoms with van der Waals surface area (Å²) in [5.74, 6) is 0.439. The Morgan fingerprint density at radius 1 is 0.781 bits per heavy atom. The molecule has 3 nitrogen and oxygen atoms in total. The second-order valence-corrected chi connectivity index (χ2v) is 15.1. The van der Waals surface area contributed by atoms with E-state index in [1.165, 1.54) is 0 Å². The predicted molar refractivity (Wildman–Crippen MR) is 137 cm³/mol. The van der Waals surface area contributed by atoms with E-state index in [0.717, 1.165) is 11.1 Å². The van der Waals surface area contributed by atoms with Crippen LogP contribution in [0.4, 0.5) is 0 Å². The zero-order valence-corrected chi connectivity index (χ0v) is 22.0. The molecule has 0 aromatic heterocycles. The van der Waals surface area contributed by atoms with Gasteiger partial charge in [0.2, 0.25) is 0 Å². The van der Waals surface area contributed by atoms with Gasteiger partial charge in [0, 0.05) is 0 Å². The van der Waals surface area contributed by atoms with Gasteiger partial charge in [-0.25, -0.2) is 0 Å². The maximum atomic E-state index is 6.58. The maximum Gasteiger partial charge on any atom is 0.192 e. The predicted octanol–water partition coefficient (Wildman–Crippen LogP) is 7.39. The molecule has 0 aliphatic heterocycles. The molecule has 32 heavy (non-hydrogen) atoms. The Kier molecular flexibility index (Phi) is 10.4. The quantitative estimate of drug-likeness (QED) is 0.247. The van der Waals surface area contributed by atoms with Gasteiger partial charge >= 0.3 is 0 Å². The molecule has 0 saturated heterocycles. The van der Waals surface area contributed by atoms with Crippen LogP contribution in [0, 0.1) is 5.92 Å². The highest BCUT2D eigenvalue weighted by Gasteiger charge is 2.38. The Hall–Kier alpha value is -1.72. The second-order valence-electron chi connectivity index (χ2n) is 10.3. The summed E-state index contributed by atoms with van der Waals surface area (Å²) in [6.07, 6.45) is 3.97. The number of ether oxygens (including phenoxy) is 2. The third-order valence-corrected chi connectivity index (χ3v) is 10.6. The summed E-state index contributed by atoms with van der Waals surface area (Å²) in [5, 5.41) is 0.144. The van der Waals surface area contributed by atoms with E-state index in [2.05, 4.69) is 84.1 Å². The molecule has 0 spiro atoms. The molecular formula is C28H42O3Si. The molecular weight excluding hydrogens is 412 g/mol. The molecule has 0 saturated carbocycles. The second kappa shape index (κ2) is 12.5. The Bertz CT molecular complexity index is 794. The molecule has 0 bridgehead atoms. The average molecular weight is 455 g/mol. The van der Waals surface area contributed by atoms with Crippen LogP contribution in [-0.4, -0.2) is 27.1 Å². The van der Waals surface area contributed by atoms with Crippen LogP contribution in [-0.2, 0) is 27.1 Å². The summed E-state index contributed by atoms with van der Waals surface area (Å²) >= 11 is 0. The lowest BCUT2D eigenvalue weighted by atomic mass is 10.1. The lowest BCUT2D eigenvalue weighted by Gasteiger charge is -2.38. The summed E-state index contributed by atoms with van der Waals surface area (Å²) in [6, 6.07) is 20.6. The molecule has 0 unspecified atom stereocenters. The van der Waals surface area contributed by atoms with Gasteiger partial charge < -0.3 is 13.9 Å². The largest absolute Gasteiger partial charge is 0.414 e. The topological polar surface area (TPSA) is 27.7 Å². The lowest BCUT2D eigenvalue weighted by molar-refractivity contribution is -0.0826. The van der Waals surface area contributed by atoms with Crippen LogP contribution < -0.4 is 0 Å². The zero-order chi connectivity index (χ0) is 23.6. The van der Waals surface area contributed by atoms with Crippen LogP contribution in [0.3, 0.4) is 0 Å². The molecule has 0 radical (unpaired) electrons. The molecule has 176 valence electrons. The van der Waals surface area contributed by atoms with Gasteiger partial charge in [-0.1, -0.05) is 107 Å². The smallest absolute Gasteiger partial charge is 0.192 e. The van der Waals surface area contributed by atoms with E-state index in [9.17, 15) is 0 Å². The third-order valence-electron chi connectivity index (χ3n) is 6.06. The summed E-state index contributed by atoms with van der Waals surface area (Å²) in [5.41, 5.74) is 2.31. The summed E-state index contributed by atoms with van der Waals surface area (Å²) < 4.78 is 19.4. The van der Waals surface area contributed by atoms with Gasteiger partial charge in [0.25, 0.3) is 0 Å². The third kappa shape index (κ3) is 9.03. The first kappa shape index (κ1) is 26.5. The summed E-state index contributed by atoms with van der Waals surface area (Å²) in [7, 11) is -1.91. The first-order chi connectivity index (χ1) is 15.1. The van der Waals surface area contributed by atoms with E-state index in [1.807, 2.05) is 36.4 Å². The van der Waals surface area contributed by atoms with Crippen molar-refractivity contribution in [2.45, 2.75) is 78.2 Å². The molecule has 0 aliphatic carbocycles. The van der Waals surface area contributed by atoms with Crippen LogP contribution in [0.15, 0.2) is 72.8 Å². The van der Waals surface area contributed by atoms with Gasteiger partial charge in [-0.05, 0) is 35.2 Å². The fourth-order valence-electron chi connectivity index (χ4n) is 2.91. The van der Waals surface area contributed by atoms with Crippen molar-refractivity contribution < 1.29 is 13.9 Å². The van der Waals surface area contributed by atoms with Gasteiger partial charge in [-0.3, -0.25) is 0 Å². The standard InChI is InChI=1S/C28H42O3Si/c1-23(2)18-19-26(29-20-24-14-10-8-11-15-24)27(22-31-32(6,7)28(3,4)5)30-21-25-16-12-9-13-17-25/h8-19,23,26-27H,20-22H2,1-7H3/b19-18+/t26-,27-/m1/s1. The Morgan fingerprint density at radius 3 is 1.75 bits per heavy atom. The fraction of sp³-hybridized carbons (Fsp3) is 0.500. The minimum Gasteiger partial charge on any atom is -0.414 e. The maximum absolute atomic E-state index is 6.58. The molecule has 0 heterocycles. The number of hydrogen-bond acceptors (Lipinski definition) is 3.